The number of benzene rings is 3. The van der Waals surface area contributed by atoms with Gasteiger partial charge in [0.05, 0.1) is 0 Å². The molecule has 0 heterocycles. The molecule has 0 bridgehead atoms. The summed E-state index contributed by atoms with van der Waals surface area (Å²) in [4.78, 5) is 26.9. The summed E-state index contributed by atoms with van der Waals surface area (Å²) < 4.78 is 1.09. The minimum Gasteiger partial charge on any atom is -0.370 e. The number of halogens is 1. The van der Waals surface area contributed by atoms with E-state index in [2.05, 4.69) is 54.9 Å². The largest absolute Gasteiger partial charge is 0.370 e. The summed E-state index contributed by atoms with van der Waals surface area (Å²) in [7, 11) is 0. The molecule has 0 saturated carbocycles. The molecule has 0 aromatic heterocycles. The third kappa shape index (κ3) is 10.9. The summed E-state index contributed by atoms with van der Waals surface area (Å²) in [6, 6.07) is 26.7. The van der Waals surface area contributed by atoms with Crippen LogP contribution in [0.3, 0.4) is 0 Å². The van der Waals surface area contributed by atoms with Gasteiger partial charge in [0.25, 0.3) is 0 Å². The van der Waals surface area contributed by atoms with E-state index < -0.39 is 0 Å². The van der Waals surface area contributed by atoms with Gasteiger partial charge in [-0.1, -0.05) is 36.4 Å². The van der Waals surface area contributed by atoms with Gasteiger partial charge in [-0.3, -0.25) is 31.3 Å². The Bertz CT molecular complexity index is 1140. The highest BCUT2D eigenvalue weighted by Gasteiger charge is 2.12. The zero-order valence-electron chi connectivity index (χ0n) is 20.4. The van der Waals surface area contributed by atoms with Gasteiger partial charge in [-0.25, -0.2) is 0 Å². The number of thiocarbonyl (C=S) groups is 2. The molecule has 12 heteroatoms. The van der Waals surface area contributed by atoms with Crippen LogP contribution in [0.1, 0.15) is 12.8 Å². The molecule has 0 radical (unpaired) electrons. The van der Waals surface area contributed by atoms with Crippen LogP contribution in [0.4, 0.5) is 17.1 Å². The molecule has 9 nitrogen and oxygen atoms in total. The molecule has 0 aliphatic heterocycles. The van der Waals surface area contributed by atoms with Crippen LogP contribution in [-0.2, 0) is 9.59 Å². The van der Waals surface area contributed by atoms with E-state index in [1.807, 2.05) is 89.8 Å². The van der Waals surface area contributed by atoms with E-state index in [1.165, 1.54) is 0 Å². The second-order valence-corrected chi connectivity index (χ2v) is 10.0. The maximum absolute atomic E-state index is 12.5. The number of nitrogens with zero attached hydrogens (tertiary/aromatic N) is 1. The van der Waals surface area contributed by atoms with E-state index in [-0.39, 0.29) is 34.9 Å². The van der Waals surface area contributed by atoms with Crippen LogP contribution < -0.4 is 37.2 Å². The Hall–Kier alpha value is -3.49. The quantitative estimate of drug-likeness (QED) is 0.116. The molecule has 3 aromatic rings. The van der Waals surface area contributed by atoms with Crippen molar-refractivity contribution in [3.05, 3.63) is 88.5 Å². The summed E-state index contributed by atoms with van der Waals surface area (Å²) in [6.45, 7) is 0.809. The highest BCUT2D eigenvalue weighted by molar-refractivity contribution is 14.1. The van der Waals surface area contributed by atoms with Crippen molar-refractivity contribution in [3.63, 3.8) is 0 Å². The zero-order valence-corrected chi connectivity index (χ0v) is 24.2. The van der Waals surface area contributed by atoms with Crippen molar-refractivity contribution in [1.82, 2.24) is 21.7 Å². The molecule has 0 unspecified atom stereocenters. The van der Waals surface area contributed by atoms with Gasteiger partial charge >= 0.3 is 0 Å². The van der Waals surface area contributed by atoms with Crippen molar-refractivity contribution in [1.29, 1.82) is 0 Å². The summed E-state index contributed by atoms with van der Waals surface area (Å²) in [6.07, 6.45) is 0.385. The van der Waals surface area contributed by atoms with E-state index in [1.54, 1.807) is 0 Å². The number of carbonyl (C=O) groups excluding carboxylic acids is 2. The Labute approximate surface area is 246 Å². The topological polar surface area (TPSA) is 110 Å². The van der Waals surface area contributed by atoms with Crippen molar-refractivity contribution >= 4 is 86.1 Å². The summed E-state index contributed by atoms with van der Waals surface area (Å²) in [5.41, 5.74) is 13.2. The minimum atomic E-state index is -0.235. The lowest BCUT2D eigenvalue weighted by Crippen LogP contribution is -2.45. The summed E-state index contributed by atoms with van der Waals surface area (Å²) in [5, 5.41) is 6.54. The van der Waals surface area contributed by atoms with Gasteiger partial charge in [-0.05, 0) is 95.6 Å². The van der Waals surface area contributed by atoms with E-state index in [0.717, 1.165) is 20.6 Å². The number of nitrogens with one attached hydrogen (secondary N) is 6. The predicted molar refractivity (Wildman–Crippen MR) is 168 cm³/mol. The van der Waals surface area contributed by atoms with Crippen LogP contribution in [0.5, 0.6) is 0 Å². The molecule has 0 saturated heterocycles. The van der Waals surface area contributed by atoms with Gasteiger partial charge in [0, 0.05) is 46.6 Å². The number of hydrogen-bond donors (Lipinski definition) is 6. The number of hydrogen-bond acceptors (Lipinski definition) is 5. The monoisotopic (exact) mass is 661 g/mol. The van der Waals surface area contributed by atoms with Gasteiger partial charge in [0.15, 0.2) is 10.2 Å². The second kappa shape index (κ2) is 15.7. The number of rotatable bonds is 9. The first-order chi connectivity index (χ1) is 18.4. The number of carbonyl (C=O) groups is 2. The molecule has 198 valence electrons. The molecule has 0 atom stereocenters. The van der Waals surface area contributed by atoms with Crippen LogP contribution >= 0.6 is 47.0 Å². The van der Waals surface area contributed by atoms with Gasteiger partial charge < -0.3 is 15.5 Å². The summed E-state index contributed by atoms with van der Waals surface area (Å²) in [5.74, 6) is -0.470. The molecule has 0 fully saturated rings. The smallest absolute Gasteiger partial charge is 0.240 e. The molecule has 0 aliphatic rings. The molecule has 3 aromatic carbocycles. The van der Waals surface area contributed by atoms with Gasteiger partial charge in [0.2, 0.25) is 11.8 Å². The highest BCUT2D eigenvalue weighted by atomic mass is 127. The first kappa shape index (κ1) is 29.1. The Morgan fingerprint density at radius 2 is 1.05 bits per heavy atom. The molecule has 6 N–H and O–H groups in total. The second-order valence-electron chi connectivity index (χ2n) is 7.95. The average Bonchev–Trinajstić information content (AvgIpc) is 2.92. The lowest BCUT2D eigenvalue weighted by molar-refractivity contribution is -0.121. The van der Waals surface area contributed by atoms with Crippen molar-refractivity contribution < 1.29 is 9.59 Å². The standard InChI is InChI=1S/C26H28IN7O2S2/c27-19-11-13-22(14-12-19)34(17-15-23(35)30-32-25(37)28-20-7-3-1-4-8-20)18-16-24(36)31-33-26(38)29-21-9-5-2-6-10-21/h1-14H,15-18H2,(H,30,35)(H,31,36)(H2,28,32,37)(H2,29,33,38). The van der Waals surface area contributed by atoms with Crippen LogP contribution in [0, 0.1) is 3.57 Å². The SMILES string of the molecule is O=C(CCN(CCC(=O)NNC(=S)Nc1ccccc1)c1ccc(I)cc1)NNC(=S)Nc1ccccc1. The molecule has 0 spiro atoms. The molecular formula is C26H28IN7O2S2. The predicted octanol–water partition coefficient (Wildman–Crippen LogP) is 3.91. The molecular weight excluding hydrogens is 633 g/mol. The van der Waals surface area contributed by atoms with Crippen LogP contribution in [0.15, 0.2) is 84.9 Å². The Kier molecular flexibility index (Phi) is 12.0. The maximum atomic E-state index is 12.5. The molecule has 2 amide bonds. The van der Waals surface area contributed by atoms with Crippen molar-refractivity contribution in [3.8, 4) is 0 Å². The fraction of sp³-hybridized carbons (Fsp3) is 0.154. The molecule has 3 rings (SSSR count). The Morgan fingerprint density at radius 3 is 1.47 bits per heavy atom. The van der Waals surface area contributed by atoms with Gasteiger partial charge in [-0.2, -0.15) is 0 Å². The third-order valence-electron chi connectivity index (χ3n) is 5.10. The lowest BCUT2D eigenvalue weighted by atomic mass is 10.2. The van der Waals surface area contributed by atoms with Crippen LogP contribution in [0.25, 0.3) is 0 Å². The number of amides is 2. The zero-order chi connectivity index (χ0) is 27.2. The summed E-state index contributed by atoms with van der Waals surface area (Å²) >= 11 is 12.7. The Balaban J connectivity index is 1.45. The van der Waals surface area contributed by atoms with Crippen LogP contribution in [0.2, 0.25) is 0 Å². The maximum Gasteiger partial charge on any atom is 0.240 e. The highest BCUT2D eigenvalue weighted by Crippen LogP contribution is 2.17. The van der Waals surface area contributed by atoms with Crippen molar-refractivity contribution in [2.45, 2.75) is 12.8 Å². The van der Waals surface area contributed by atoms with Gasteiger partial charge in [-0.15, -0.1) is 0 Å². The van der Waals surface area contributed by atoms with Gasteiger partial charge in [0.1, 0.15) is 0 Å². The number of hydrazine groups is 2. The van der Waals surface area contributed by atoms with E-state index in [4.69, 9.17) is 24.4 Å². The van der Waals surface area contributed by atoms with E-state index in [0.29, 0.717) is 13.1 Å². The normalized spacial score (nSPS) is 10.0. The van der Waals surface area contributed by atoms with Crippen LogP contribution in [-0.4, -0.2) is 35.1 Å². The number of anilines is 3. The lowest BCUT2D eigenvalue weighted by Gasteiger charge is -2.25. The average molecular weight is 662 g/mol. The van der Waals surface area contributed by atoms with Crippen molar-refractivity contribution in [2.75, 3.05) is 28.6 Å². The number of para-hydroxylation sites is 2. The van der Waals surface area contributed by atoms with E-state index >= 15 is 0 Å². The first-order valence-electron chi connectivity index (χ1n) is 11.7. The first-order valence-corrected chi connectivity index (χ1v) is 13.6. The molecule has 38 heavy (non-hydrogen) atoms. The fourth-order valence-electron chi connectivity index (χ4n) is 3.24. The Morgan fingerprint density at radius 1 is 0.632 bits per heavy atom. The fourth-order valence-corrected chi connectivity index (χ4v) is 3.94. The molecule has 0 aliphatic carbocycles. The minimum absolute atomic E-state index is 0.192. The van der Waals surface area contributed by atoms with E-state index in [9.17, 15) is 9.59 Å². The van der Waals surface area contributed by atoms with Crippen molar-refractivity contribution in [2.24, 2.45) is 0 Å². The third-order valence-corrected chi connectivity index (χ3v) is 6.23.